The maximum absolute atomic E-state index is 14.3. The quantitative estimate of drug-likeness (QED) is 0.541. The highest BCUT2D eigenvalue weighted by molar-refractivity contribution is 5.98. The van der Waals surface area contributed by atoms with Gasteiger partial charge in [0.2, 0.25) is 0 Å². The lowest BCUT2D eigenvalue weighted by Crippen LogP contribution is -2.61. The van der Waals surface area contributed by atoms with Crippen LogP contribution in [0, 0.1) is 0 Å². The Hall–Kier alpha value is -3.68. The number of pyridine rings is 1. The van der Waals surface area contributed by atoms with Crippen LogP contribution in [0.25, 0.3) is 11.4 Å². The molecular formula is C21H20F5N7O2. The molecule has 1 saturated heterocycles. The van der Waals surface area contributed by atoms with Gasteiger partial charge < -0.3 is 15.0 Å². The van der Waals surface area contributed by atoms with E-state index in [2.05, 4.69) is 25.4 Å². The summed E-state index contributed by atoms with van der Waals surface area (Å²) in [5, 5.41) is 6.93. The molecule has 1 amide bonds. The number of nitrogens with zero attached hydrogens (tertiary/aromatic N) is 6. The molecule has 0 saturated carbocycles. The molecule has 3 aromatic rings. The van der Waals surface area contributed by atoms with E-state index in [0.29, 0.717) is 6.20 Å². The molecule has 4 rings (SSSR count). The van der Waals surface area contributed by atoms with Gasteiger partial charge in [0.15, 0.2) is 11.5 Å². The molecule has 0 radical (unpaired) electrons. The van der Waals surface area contributed by atoms with Crippen molar-refractivity contribution in [3.05, 3.63) is 54.2 Å². The van der Waals surface area contributed by atoms with Gasteiger partial charge >= 0.3 is 12.3 Å². The van der Waals surface area contributed by atoms with Gasteiger partial charge in [0.05, 0.1) is 23.3 Å². The normalized spacial score (nSPS) is 20.0. The average Bonchev–Trinajstić information content (AvgIpc) is 3.19. The number of aromatic nitrogens is 5. The van der Waals surface area contributed by atoms with E-state index in [9.17, 15) is 26.7 Å². The molecule has 1 fully saturated rings. The fourth-order valence-corrected chi connectivity index (χ4v) is 3.71. The summed E-state index contributed by atoms with van der Waals surface area (Å²) in [5.74, 6) is -0.526. The van der Waals surface area contributed by atoms with Crippen LogP contribution < -0.4 is 5.32 Å². The van der Waals surface area contributed by atoms with E-state index < -0.39 is 42.4 Å². The number of morpholine rings is 1. The summed E-state index contributed by atoms with van der Waals surface area (Å²) in [5.41, 5.74) is -0.794. The van der Waals surface area contributed by atoms with E-state index in [1.807, 2.05) is 0 Å². The van der Waals surface area contributed by atoms with Crippen molar-refractivity contribution in [1.29, 1.82) is 0 Å². The first-order valence-corrected chi connectivity index (χ1v) is 10.4. The van der Waals surface area contributed by atoms with Crippen LogP contribution in [0.15, 0.2) is 43.0 Å². The Morgan fingerprint density at radius 2 is 1.94 bits per heavy atom. The van der Waals surface area contributed by atoms with E-state index in [0.717, 1.165) is 17.0 Å². The lowest BCUT2D eigenvalue weighted by Gasteiger charge is -2.43. The first-order valence-electron chi connectivity index (χ1n) is 10.4. The third kappa shape index (κ3) is 5.37. The smallest absolute Gasteiger partial charge is 0.368 e. The van der Waals surface area contributed by atoms with Crippen LogP contribution in [0.1, 0.15) is 23.0 Å². The predicted octanol–water partition coefficient (Wildman–Crippen LogP) is 3.23. The first-order chi connectivity index (χ1) is 16.4. The first kappa shape index (κ1) is 24.4. The summed E-state index contributed by atoms with van der Waals surface area (Å²) >= 11 is 0. The zero-order valence-corrected chi connectivity index (χ0v) is 18.5. The molecule has 4 heterocycles. The van der Waals surface area contributed by atoms with Crippen molar-refractivity contribution < 1.29 is 31.5 Å². The highest BCUT2D eigenvalue weighted by atomic mass is 19.4. The summed E-state index contributed by atoms with van der Waals surface area (Å²) in [6, 6.07) is 2.62. The third-order valence-corrected chi connectivity index (χ3v) is 5.34. The van der Waals surface area contributed by atoms with Gasteiger partial charge in [-0.3, -0.25) is 9.48 Å². The number of anilines is 1. The Morgan fingerprint density at radius 1 is 1.23 bits per heavy atom. The molecule has 9 nitrogen and oxygen atoms in total. The highest BCUT2D eigenvalue weighted by Gasteiger charge is 2.48. The van der Waals surface area contributed by atoms with Gasteiger partial charge in [0.25, 0.3) is 5.91 Å². The Morgan fingerprint density at radius 3 is 2.57 bits per heavy atom. The van der Waals surface area contributed by atoms with Crippen molar-refractivity contribution in [3.63, 3.8) is 0 Å². The van der Waals surface area contributed by atoms with Crippen LogP contribution in [0.4, 0.5) is 27.8 Å². The fraction of sp³-hybridized carbons (Fsp3) is 0.381. The van der Waals surface area contributed by atoms with Gasteiger partial charge in [-0.25, -0.2) is 15.0 Å². The lowest BCUT2D eigenvalue weighted by atomic mass is 10.1. The molecule has 35 heavy (non-hydrogen) atoms. The summed E-state index contributed by atoms with van der Waals surface area (Å²) in [6.45, 7) is 0.208. The van der Waals surface area contributed by atoms with Gasteiger partial charge in [0, 0.05) is 38.4 Å². The number of carbonyl (C=O) groups excluding carboxylic acids is 1. The molecule has 1 aliphatic heterocycles. The Kier molecular flexibility index (Phi) is 6.40. The lowest BCUT2D eigenvalue weighted by molar-refractivity contribution is -0.298. The largest absolute Gasteiger partial charge is 0.417 e. The van der Waals surface area contributed by atoms with E-state index in [1.54, 1.807) is 13.1 Å². The number of hydrogen-bond donors (Lipinski definition) is 1. The second-order valence-corrected chi connectivity index (χ2v) is 7.91. The van der Waals surface area contributed by atoms with Crippen molar-refractivity contribution in [2.75, 3.05) is 18.4 Å². The van der Waals surface area contributed by atoms with E-state index in [4.69, 9.17) is 4.74 Å². The molecule has 0 aromatic carbocycles. The number of nitrogens with one attached hydrogen (secondary N) is 1. The number of halogens is 5. The van der Waals surface area contributed by atoms with Crippen LogP contribution >= 0.6 is 0 Å². The number of ether oxygens (including phenoxy) is 1. The van der Waals surface area contributed by atoms with Crippen molar-refractivity contribution in [2.45, 2.75) is 31.4 Å². The summed E-state index contributed by atoms with van der Waals surface area (Å²) in [6.07, 6.45) is -4.18. The molecule has 3 aromatic heterocycles. The molecule has 2 atom stereocenters. The van der Waals surface area contributed by atoms with Gasteiger partial charge in [-0.05, 0) is 25.1 Å². The Balaban J connectivity index is 1.60. The van der Waals surface area contributed by atoms with E-state index >= 15 is 0 Å². The predicted molar refractivity (Wildman–Crippen MR) is 112 cm³/mol. The topological polar surface area (TPSA) is 98.1 Å². The number of carbonyl (C=O) groups is 1. The molecule has 1 aliphatic rings. The van der Waals surface area contributed by atoms with Crippen molar-refractivity contribution in [3.8, 4) is 11.4 Å². The maximum atomic E-state index is 14.3. The van der Waals surface area contributed by atoms with Crippen LogP contribution in [-0.2, 0) is 18.0 Å². The average molecular weight is 497 g/mol. The Bertz CT molecular complexity index is 1190. The third-order valence-electron chi connectivity index (χ3n) is 5.34. The van der Waals surface area contributed by atoms with Crippen LogP contribution in [0.2, 0.25) is 0 Å². The van der Waals surface area contributed by atoms with Crippen LogP contribution in [0.5, 0.6) is 0 Å². The molecular weight excluding hydrogens is 477 g/mol. The monoisotopic (exact) mass is 497 g/mol. The minimum atomic E-state index is -4.55. The van der Waals surface area contributed by atoms with E-state index in [-0.39, 0.29) is 29.4 Å². The van der Waals surface area contributed by atoms with Crippen molar-refractivity contribution >= 4 is 11.7 Å². The van der Waals surface area contributed by atoms with Crippen LogP contribution in [-0.4, -0.2) is 66.9 Å². The number of alkyl halides is 5. The van der Waals surface area contributed by atoms with Gasteiger partial charge in [-0.2, -0.15) is 27.1 Å². The summed E-state index contributed by atoms with van der Waals surface area (Å²) in [4.78, 5) is 26.3. The van der Waals surface area contributed by atoms with Gasteiger partial charge in [-0.1, -0.05) is 0 Å². The van der Waals surface area contributed by atoms with Crippen molar-refractivity contribution in [2.24, 2.45) is 7.05 Å². The number of aryl methyl sites for hydroxylation is 1. The van der Waals surface area contributed by atoms with Gasteiger partial charge in [0.1, 0.15) is 12.4 Å². The molecule has 14 heteroatoms. The molecule has 0 aliphatic carbocycles. The minimum Gasteiger partial charge on any atom is -0.368 e. The maximum Gasteiger partial charge on any atom is 0.417 e. The minimum absolute atomic E-state index is 0.0751. The molecule has 1 N–H and O–H groups in total. The molecule has 0 bridgehead atoms. The zero-order valence-electron chi connectivity index (χ0n) is 18.5. The zero-order chi connectivity index (χ0) is 25.4. The Labute approximate surface area is 196 Å². The summed E-state index contributed by atoms with van der Waals surface area (Å²) < 4.78 is 73.0. The number of hydrogen-bond acceptors (Lipinski definition) is 7. The molecule has 186 valence electrons. The summed E-state index contributed by atoms with van der Waals surface area (Å²) in [7, 11) is 1.56. The fourth-order valence-electron chi connectivity index (χ4n) is 3.71. The highest BCUT2D eigenvalue weighted by Crippen LogP contribution is 2.32. The molecule has 0 unspecified atom stereocenters. The number of rotatable bonds is 5. The number of amides is 1. The van der Waals surface area contributed by atoms with Crippen molar-refractivity contribution in [1.82, 2.24) is 29.6 Å². The van der Waals surface area contributed by atoms with Crippen LogP contribution in [0.3, 0.4) is 0 Å². The second kappa shape index (κ2) is 9.17. The SMILES string of the molecule is C[C@@H]1OC(F)(F)CN(C(=O)c2nn(C)cc2-c2ncccn2)[C@@H]1CNc1ccc(C(F)(F)F)cn1. The standard InChI is InChI=1S/C21H20F5N7O2/c1-12-15(9-30-16-5-4-13(8-29-16)21(24,25)26)33(11-20(22,23)35-12)19(34)17-14(10-32(2)31-17)18-27-6-3-7-28-18/h3-8,10,12,15H,9,11H2,1-2H3,(H,29,30)/t12-,15+/m0/s1. The van der Waals surface area contributed by atoms with Gasteiger partial charge in [-0.15, -0.1) is 0 Å². The van der Waals surface area contributed by atoms with E-state index in [1.165, 1.54) is 30.2 Å². The second-order valence-electron chi connectivity index (χ2n) is 7.91. The molecule has 0 spiro atoms.